The van der Waals surface area contributed by atoms with Crippen molar-refractivity contribution in [2.75, 3.05) is 11.9 Å². The third-order valence-corrected chi connectivity index (χ3v) is 1.73. The maximum Gasteiger partial charge on any atom is 0.422 e. The lowest BCUT2D eigenvalue weighted by Gasteiger charge is -2.09. The van der Waals surface area contributed by atoms with Gasteiger partial charge in [0.05, 0.1) is 5.69 Å². The van der Waals surface area contributed by atoms with Gasteiger partial charge < -0.3 is 4.74 Å². The molecule has 1 rings (SSSR count). The number of ether oxygens (including phenoxy) is 1. The fourth-order valence-electron chi connectivity index (χ4n) is 1.01. The van der Waals surface area contributed by atoms with Crippen LogP contribution in [0.25, 0.3) is 0 Å². The highest BCUT2D eigenvalue weighted by molar-refractivity contribution is 5.84. The largest absolute Gasteiger partial charge is 0.440 e. The number of halogens is 4. The molecule has 17 heavy (non-hydrogen) atoms. The van der Waals surface area contributed by atoms with Crippen molar-refractivity contribution in [1.82, 2.24) is 0 Å². The van der Waals surface area contributed by atoms with Gasteiger partial charge in [-0.1, -0.05) is 6.07 Å². The van der Waals surface area contributed by atoms with Crippen molar-refractivity contribution in [3.63, 3.8) is 0 Å². The molecule has 1 aromatic carbocycles. The number of carbonyl (C=O) groups excluding carboxylic acids is 1. The molecule has 7 heteroatoms. The number of anilines is 1. The van der Waals surface area contributed by atoms with Gasteiger partial charge in [-0.3, -0.25) is 5.32 Å². The number of aryl methyl sites for hydroxylation is 1. The number of nitrogens with one attached hydrogen (secondary N) is 1. The molecule has 3 nitrogen and oxygen atoms in total. The van der Waals surface area contributed by atoms with Crippen LogP contribution in [0, 0.1) is 12.7 Å². The third kappa shape index (κ3) is 4.71. The van der Waals surface area contributed by atoms with E-state index in [4.69, 9.17) is 0 Å². The smallest absolute Gasteiger partial charge is 0.422 e. The predicted molar refractivity (Wildman–Crippen MR) is 52.2 cm³/mol. The zero-order valence-corrected chi connectivity index (χ0v) is 8.77. The minimum atomic E-state index is -4.61. The number of alkyl halides is 3. The molecule has 0 aliphatic rings. The molecule has 0 spiro atoms. The van der Waals surface area contributed by atoms with E-state index in [0.717, 1.165) is 6.07 Å². The first-order chi connectivity index (χ1) is 7.78. The SMILES string of the molecule is Cc1ccc(NC(=O)OCC(F)(F)F)c(F)c1. The zero-order chi connectivity index (χ0) is 13.1. The summed E-state index contributed by atoms with van der Waals surface area (Å²) in [5, 5.41) is 1.87. The Morgan fingerprint density at radius 2 is 2.06 bits per heavy atom. The van der Waals surface area contributed by atoms with Crippen molar-refractivity contribution in [1.29, 1.82) is 0 Å². The normalized spacial score (nSPS) is 11.1. The van der Waals surface area contributed by atoms with Crippen molar-refractivity contribution in [2.45, 2.75) is 13.1 Å². The molecule has 94 valence electrons. The summed E-state index contributed by atoms with van der Waals surface area (Å²) in [4.78, 5) is 10.9. The standard InChI is InChI=1S/C10H9F4NO2/c1-6-2-3-8(7(11)4-6)15-9(16)17-5-10(12,13)14/h2-4H,5H2,1H3,(H,15,16). The number of amides is 1. The van der Waals surface area contributed by atoms with Crippen LogP contribution in [0.5, 0.6) is 0 Å². The lowest BCUT2D eigenvalue weighted by atomic mass is 10.2. The van der Waals surface area contributed by atoms with Gasteiger partial charge in [-0.15, -0.1) is 0 Å². The zero-order valence-electron chi connectivity index (χ0n) is 8.77. The van der Waals surface area contributed by atoms with Crippen molar-refractivity contribution < 1.29 is 27.1 Å². The van der Waals surface area contributed by atoms with Crippen molar-refractivity contribution in [3.8, 4) is 0 Å². The average molecular weight is 251 g/mol. The highest BCUT2D eigenvalue weighted by atomic mass is 19.4. The summed E-state index contributed by atoms with van der Waals surface area (Å²) in [6, 6.07) is 3.88. The first-order valence-electron chi connectivity index (χ1n) is 4.54. The van der Waals surface area contributed by atoms with Crippen LogP contribution in [0.15, 0.2) is 18.2 Å². The fraction of sp³-hybridized carbons (Fsp3) is 0.300. The van der Waals surface area contributed by atoms with Gasteiger partial charge >= 0.3 is 12.3 Å². The predicted octanol–water partition coefficient (Wildman–Crippen LogP) is 3.24. The second kappa shape index (κ2) is 5.03. The Bertz CT molecular complexity index is 417. The van der Waals surface area contributed by atoms with Gasteiger partial charge in [0.15, 0.2) is 6.61 Å². The molecule has 1 N–H and O–H groups in total. The van der Waals surface area contributed by atoms with Crippen molar-refractivity contribution in [3.05, 3.63) is 29.6 Å². The third-order valence-electron chi connectivity index (χ3n) is 1.73. The van der Waals surface area contributed by atoms with E-state index in [2.05, 4.69) is 4.74 Å². The fourth-order valence-corrected chi connectivity index (χ4v) is 1.01. The van der Waals surface area contributed by atoms with Gasteiger partial charge in [-0.05, 0) is 24.6 Å². The van der Waals surface area contributed by atoms with Crippen LogP contribution in [0.4, 0.5) is 28.0 Å². The lowest BCUT2D eigenvalue weighted by Crippen LogP contribution is -2.23. The summed E-state index contributed by atoms with van der Waals surface area (Å²) < 4.78 is 52.2. The number of rotatable bonds is 2. The highest BCUT2D eigenvalue weighted by Gasteiger charge is 2.29. The monoisotopic (exact) mass is 251 g/mol. The Balaban J connectivity index is 2.57. The van der Waals surface area contributed by atoms with Crippen LogP contribution >= 0.6 is 0 Å². The highest BCUT2D eigenvalue weighted by Crippen LogP contribution is 2.17. The summed E-state index contributed by atoms with van der Waals surface area (Å²) >= 11 is 0. The van der Waals surface area contributed by atoms with E-state index in [1.54, 1.807) is 6.92 Å². The quantitative estimate of drug-likeness (QED) is 0.819. The van der Waals surface area contributed by atoms with Crippen molar-refractivity contribution >= 4 is 11.8 Å². The summed E-state index contributed by atoms with van der Waals surface area (Å²) in [5.74, 6) is -0.742. The van der Waals surface area contributed by atoms with Crippen molar-refractivity contribution in [2.24, 2.45) is 0 Å². The second-order valence-electron chi connectivity index (χ2n) is 3.30. The molecule has 0 fully saturated rings. The second-order valence-corrected chi connectivity index (χ2v) is 3.30. The molecule has 0 aromatic heterocycles. The van der Waals surface area contributed by atoms with E-state index in [1.165, 1.54) is 12.1 Å². The Hall–Kier alpha value is -1.79. The Kier molecular flexibility index (Phi) is 3.93. The van der Waals surface area contributed by atoms with E-state index in [1.807, 2.05) is 5.32 Å². The first-order valence-corrected chi connectivity index (χ1v) is 4.54. The maximum atomic E-state index is 13.2. The molecule has 0 radical (unpaired) electrons. The summed E-state index contributed by atoms with van der Waals surface area (Å²) in [5.41, 5.74) is 0.388. The molecular formula is C10H9F4NO2. The average Bonchev–Trinajstić information content (AvgIpc) is 2.18. The van der Waals surface area contributed by atoms with Gasteiger partial charge in [0.1, 0.15) is 5.82 Å². The topological polar surface area (TPSA) is 38.3 Å². The summed E-state index contributed by atoms with van der Waals surface area (Å²) in [6.07, 6.45) is -5.96. The number of carbonyl (C=O) groups is 1. The van der Waals surface area contributed by atoms with E-state index < -0.39 is 24.7 Å². The Labute approximate surface area is 94.4 Å². The van der Waals surface area contributed by atoms with Crippen LogP contribution in [-0.4, -0.2) is 18.9 Å². The van der Waals surface area contributed by atoms with E-state index in [-0.39, 0.29) is 5.69 Å². The molecule has 0 aliphatic carbocycles. The summed E-state index contributed by atoms with van der Waals surface area (Å²) in [7, 11) is 0. The molecule has 0 unspecified atom stereocenters. The molecule has 0 saturated carbocycles. The van der Waals surface area contributed by atoms with Gasteiger partial charge in [-0.2, -0.15) is 13.2 Å². The van der Waals surface area contributed by atoms with Crippen LogP contribution < -0.4 is 5.32 Å². The first kappa shape index (κ1) is 13.3. The minimum Gasteiger partial charge on any atom is -0.440 e. The molecule has 1 aromatic rings. The Morgan fingerprint density at radius 3 is 2.59 bits per heavy atom. The maximum absolute atomic E-state index is 13.2. The van der Waals surface area contributed by atoms with Crippen LogP contribution in [0.2, 0.25) is 0 Å². The molecule has 0 bridgehead atoms. The van der Waals surface area contributed by atoms with E-state index in [9.17, 15) is 22.4 Å². The van der Waals surface area contributed by atoms with E-state index in [0.29, 0.717) is 5.56 Å². The van der Waals surface area contributed by atoms with Gasteiger partial charge in [-0.25, -0.2) is 9.18 Å². The lowest BCUT2D eigenvalue weighted by molar-refractivity contribution is -0.159. The minimum absolute atomic E-state index is 0.234. The number of hydrogen-bond acceptors (Lipinski definition) is 2. The molecule has 1 amide bonds. The molecule has 0 heterocycles. The molecular weight excluding hydrogens is 242 g/mol. The Morgan fingerprint density at radius 1 is 1.41 bits per heavy atom. The molecule has 0 saturated heterocycles. The van der Waals surface area contributed by atoms with Gasteiger partial charge in [0.2, 0.25) is 0 Å². The summed E-state index contributed by atoms with van der Waals surface area (Å²) in [6.45, 7) is -0.0822. The van der Waals surface area contributed by atoms with Crippen LogP contribution in [-0.2, 0) is 4.74 Å². The number of hydrogen-bond donors (Lipinski definition) is 1. The van der Waals surface area contributed by atoms with Crippen LogP contribution in [0.1, 0.15) is 5.56 Å². The van der Waals surface area contributed by atoms with Gasteiger partial charge in [0.25, 0.3) is 0 Å². The number of benzene rings is 1. The van der Waals surface area contributed by atoms with Crippen LogP contribution in [0.3, 0.4) is 0 Å². The van der Waals surface area contributed by atoms with E-state index >= 15 is 0 Å². The molecule has 0 aliphatic heterocycles. The molecule has 0 atom stereocenters. The van der Waals surface area contributed by atoms with Gasteiger partial charge in [0, 0.05) is 0 Å².